The largest absolute Gasteiger partial charge is 0.389 e. The first kappa shape index (κ1) is 15.3. The molecule has 0 aliphatic carbocycles. The first-order valence-corrected chi connectivity index (χ1v) is 7.93. The summed E-state index contributed by atoms with van der Waals surface area (Å²) < 4.78 is 7.92. The number of nitrogens with zero attached hydrogens (tertiary/aromatic N) is 2. The van der Waals surface area contributed by atoms with Gasteiger partial charge in [0.2, 0.25) is 0 Å². The van der Waals surface area contributed by atoms with Crippen LogP contribution < -0.4 is 0 Å². The van der Waals surface area contributed by atoms with Crippen molar-refractivity contribution >= 4 is 0 Å². The van der Waals surface area contributed by atoms with E-state index in [4.69, 9.17) is 4.74 Å². The van der Waals surface area contributed by atoms with E-state index in [-0.39, 0.29) is 0 Å². The van der Waals surface area contributed by atoms with E-state index in [1.54, 1.807) is 0 Å². The van der Waals surface area contributed by atoms with Crippen molar-refractivity contribution < 1.29 is 9.84 Å². The van der Waals surface area contributed by atoms with Gasteiger partial charge in [-0.05, 0) is 24.6 Å². The van der Waals surface area contributed by atoms with Gasteiger partial charge in [-0.3, -0.25) is 4.90 Å². The molecule has 1 aliphatic heterocycles. The number of hydrogen-bond acceptors (Lipinski definition) is 3. The van der Waals surface area contributed by atoms with E-state index in [9.17, 15) is 5.11 Å². The van der Waals surface area contributed by atoms with Crippen LogP contribution in [0.2, 0.25) is 0 Å². The third-order valence-electron chi connectivity index (χ3n) is 4.34. The molecule has 2 aromatic rings. The number of aliphatic hydroxyl groups excluding tert-OH is 1. The quantitative estimate of drug-likeness (QED) is 0.890. The summed E-state index contributed by atoms with van der Waals surface area (Å²) in [5.41, 5.74) is 2.46. The lowest BCUT2D eigenvalue weighted by molar-refractivity contribution is -0.000819. The lowest BCUT2D eigenvalue weighted by Crippen LogP contribution is -2.42. The van der Waals surface area contributed by atoms with E-state index in [0.29, 0.717) is 25.8 Å². The number of aromatic nitrogens is 1. The van der Waals surface area contributed by atoms with Gasteiger partial charge in [-0.2, -0.15) is 0 Å². The molecule has 2 atom stereocenters. The Morgan fingerprint density at radius 2 is 2.00 bits per heavy atom. The summed E-state index contributed by atoms with van der Waals surface area (Å²) in [6.45, 7) is 5.74. The minimum atomic E-state index is -0.451. The van der Waals surface area contributed by atoms with Crippen molar-refractivity contribution in [2.24, 2.45) is 0 Å². The van der Waals surface area contributed by atoms with Crippen LogP contribution >= 0.6 is 0 Å². The summed E-state index contributed by atoms with van der Waals surface area (Å²) in [7, 11) is 0. The van der Waals surface area contributed by atoms with Gasteiger partial charge in [0, 0.05) is 37.6 Å². The zero-order chi connectivity index (χ0) is 15.4. The Morgan fingerprint density at radius 1 is 1.18 bits per heavy atom. The maximum Gasteiger partial charge on any atom is 0.0900 e. The molecule has 0 unspecified atom stereocenters. The van der Waals surface area contributed by atoms with Crippen molar-refractivity contribution in [3.05, 3.63) is 59.9 Å². The molecule has 0 saturated carbocycles. The predicted molar refractivity (Wildman–Crippen MR) is 86.5 cm³/mol. The lowest BCUT2D eigenvalue weighted by Gasteiger charge is -2.36. The van der Waals surface area contributed by atoms with Gasteiger partial charge in [0.15, 0.2) is 0 Å². The Morgan fingerprint density at radius 3 is 2.82 bits per heavy atom. The zero-order valence-corrected chi connectivity index (χ0v) is 13.1. The van der Waals surface area contributed by atoms with Crippen LogP contribution in [-0.2, 0) is 17.9 Å². The molecule has 1 aromatic carbocycles. The van der Waals surface area contributed by atoms with Gasteiger partial charge in [0.1, 0.15) is 0 Å². The molecule has 0 fully saturated rings. The smallest absolute Gasteiger partial charge is 0.0900 e. The molecule has 0 spiro atoms. The Labute approximate surface area is 131 Å². The highest BCUT2D eigenvalue weighted by Crippen LogP contribution is 2.25. The van der Waals surface area contributed by atoms with E-state index in [0.717, 1.165) is 18.7 Å². The summed E-state index contributed by atoms with van der Waals surface area (Å²) in [5.74, 6) is 0. The van der Waals surface area contributed by atoms with E-state index in [1.807, 2.05) is 30.3 Å². The normalized spacial score (nSPS) is 19.8. The van der Waals surface area contributed by atoms with Crippen molar-refractivity contribution in [1.29, 1.82) is 0 Å². The molecule has 2 heterocycles. The Hall–Kier alpha value is -1.62. The van der Waals surface area contributed by atoms with Gasteiger partial charge in [0.05, 0.1) is 19.3 Å². The Balaban J connectivity index is 1.45. The highest BCUT2D eigenvalue weighted by atomic mass is 16.5. The van der Waals surface area contributed by atoms with Gasteiger partial charge in [-0.1, -0.05) is 30.3 Å². The summed E-state index contributed by atoms with van der Waals surface area (Å²) in [4.78, 5) is 2.33. The Kier molecular flexibility index (Phi) is 4.93. The number of β-amino-alcohol motifs (C(OH)–C–C–N with tert-alkyl or cyclic N) is 1. The molecule has 0 saturated heterocycles. The van der Waals surface area contributed by atoms with E-state index in [1.165, 1.54) is 5.69 Å². The number of ether oxygens (including phenoxy) is 1. The molecular formula is C18H24N2O2. The maximum atomic E-state index is 10.2. The van der Waals surface area contributed by atoms with Gasteiger partial charge in [-0.25, -0.2) is 0 Å². The van der Waals surface area contributed by atoms with Crippen LogP contribution in [0.25, 0.3) is 0 Å². The highest BCUT2D eigenvalue weighted by molar-refractivity contribution is 5.14. The average Bonchev–Trinajstić information content (AvgIpc) is 3.01. The highest BCUT2D eigenvalue weighted by Gasteiger charge is 2.24. The van der Waals surface area contributed by atoms with Crippen LogP contribution in [0.15, 0.2) is 48.7 Å². The third kappa shape index (κ3) is 3.58. The van der Waals surface area contributed by atoms with Gasteiger partial charge >= 0.3 is 0 Å². The molecule has 22 heavy (non-hydrogen) atoms. The van der Waals surface area contributed by atoms with Crippen molar-refractivity contribution in [1.82, 2.24) is 9.47 Å². The standard InChI is InChI=1S/C18H24N2O2/c1-15-18-8-5-9-19(18)10-11-20(15)12-17(21)14-22-13-16-6-3-2-4-7-16/h2-9,15,17,21H,10-14H2,1H3/t15-,17+/m0/s1. The fourth-order valence-electron chi connectivity index (χ4n) is 3.09. The second-order valence-electron chi connectivity index (χ2n) is 5.95. The fraction of sp³-hybridized carbons (Fsp3) is 0.444. The van der Waals surface area contributed by atoms with Crippen LogP contribution in [0.5, 0.6) is 0 Å². The summed E-state index contributed by atoms with van der Waals surface area (Å²) in [5, 5.41) is 10.2. The average molecular weight is 300 g/mol. The number of benzene rings is 1. The molecule has 4 nitrogen and oxygen atoms in total. The van der Waals surface area contributed by atoms with Crippen LogP contribution in [0.3, 0.4) is 0 Å². The molecule has 1 N–H and O–H groups in total. The predicted octanol–water partition coefficient (Wildman–Crippen LogP) is 2.44. The van der Waals surface area contributed by atoms with Crippen molar-refractivity contribution in [3.63, 3.8) is 0 Å². The second-order valence-corrected chi connectivity index (χ2v) is 5.95. The fourth-order valence-corrected chi connectivity index (χ4v) is 3.09. The number of rotatable bonds is 6. The van der Waals surface area contributed by atoms with Gasteiger partial charge < -0.3 is 14.4 Å². The molecule has 1 aromatic heterocycles. The first-order valence-electron chi connectivity index (χ1n) is 7.93. The van der Waals surface area contributed by atoms with Gasteiger partial charge in [0.25, 0.3) is 0 Å². The Bertz CT molecular complexity index is 582. The van der Waals surface area contributed by atoms with Gasteiger partial charge in [-0.15, -0.1) is 0 Å². The molecule has 0 bridgehead atoms. The monoisotopic (exact) mass is 300 g/mol. The van der Waals surface area contributed by atoms with E-state index in [2.05, 4.69) is 34.7 Å². The van der Waals surface area contributed by atoms with Crippen LogP contribution in [0.4, 0.5) is 0 Å². The summed E-state index contributed by atoms with van der Waals surface area (Å²) >= 11 is 0. The lowest BCUT2D eigenvalue weighted by atomic mass is 10.1. The topological polar surface area (TPSA) is 37.6 Å². The molecule has 4 heteroatoms. The van der Waals surface area contributed by atoms with E-state index >= 15 is 0 Å². The number of hydrogen-bond donors (Lipinski definition) is 1. The zero-order valence-electron chi connectivity index (χ0n) is 13.1. The first-order chi connectivity index (χ1) is 10.7. The van der Waals surface area contributed by atoms with Crippen LogP contribution in [0.1, 0.15) is 24.2 Å². The molecule has 0 radical (unpaired) electrons. The SMILES string of the molecule is C[C@H]1c2cccn2CCN1C[C@@H](O)COCc1ccccc1. The second kappa shape index (κ2) is 7.09. The number of aliphatic hydroxyl groups is 1. The van der Waals surface area contributed by atoms with Crippen molar-refractivity contribution in [2.75, 3.05) is 19.7 Å². The third-order valence-corrected chi connectivity index (χ3v) is 4.34. The molecular weight excluding hydrogens is 276 g/mol. The maximum absolute atomic E-state index is 10.2. The van der Waals surface area contributed by atoms with Crippen molar-refractivity contribution in [3.8, 4) is 0 Å². The van der Waals surface area contributed by atoms with Crippen LogP contribution in [-0.4, -0.2) is 40.4 Å². The molecule has 3 rings (SSSR count). The van der Waals surface area contributed by atoms with Crippen LogP contribution in [0, 0.1) is 0 Å². The minimum absolute atomic E-state index is 0.340. The number of fused-ring (bicyclic) bond motifs is 1. The summed E-state index contributed by atoms with van der Waals surface area (Å²) in [6, 6.07) is 14.7. The van der Waals surface area contributed by atoms with Crippen molar-refractivity contribution in [2.45, 2.75) is 32.2 Å². The summed E-state index contributed by atoms with van der Waals surface area (Å²) in [6.07, 6.45) is 1.68. The minimum Gasteiger partial charge on any atom is -0.389 e. The molecule has 1 aliphatic rings. The van der Waals surface area contributed by atoms with E-state index < -0.39 is 6.10 Å². The molecule has 118 valence electrons. The molecule has 0 amide bonds.